The predicted molar refractivity (Wildman–Crippen MR) is 112 cm³/mol. The number of hydrogen-bond donors (Lipinski definition) is 0. The van der Waals surface area contributed by atoms with Crippen LogP contribution >= 0.6 is 11.6 Å². The Morgan fingerprint density at radius 2 is 1.59 bits per heavy atom. The predicted octanol–water partition coefficient (Wildman–Crippen LogP) is 2.60. The number of hydrazine groups is 1. The topological polar surface area (TPSA) is 58.4 Å². The van der Waals surface area contributed by atoms with E-state index in [1.54, 1.807) is 0 Å². The molecule has 2 aromatic heterocycles. The summed E-state index contributed by atoms with van der Waals surface area (Å²) in [5.41, 5.74) is 1.78. The molecule has 0 aliphatic carbocycles. The Balaban J connectivity index is 1.60. The summed E-state index contributed by atoms with van der Waals surface area (Å²) in [4.78, 5) is 6.75. The lowest BCUT2D eigenvalue weighted by Crippen LogP contribution is -2.46. The molecule has 2 fully saturated rings. The molecule has 9 heteroatoms. The van der Waals surface area contributed by atoms with Crippen molar-refractivity contribution < 1.29 is 9.47 Å². The molecule has 2 aliphatic heterocycles. The van der Waals surface area contributed by atoms with Gasteiger partial charge in [0.1, 0.15) is 11.0 Å². The van der Waals surface area contributed by atoms with Gasteiger partial charge in [-0.3, -0.25) is 5.01 Å². The van der Waals surface area contributed by atoms with Gasteiger partial charge < -0.3 is 14.4 Å². The highest BCUT2D eigenvalue weighted by Crippen LogP contribution is 2.30. The first-order valence-corrected chi connectivity index (χ1v) is 10.2. The van der Waals surface area contributed by atoms with Crippen LogP contribution in [0, 0.1) is 0 Å². The maximum Gasteiger partial charge on any atom is 0.172 e. The Labute approximate surface area is 174 Å². The third-order valence-electron chi connectivity index (χ3n) is 5.19. The van der Waals surface area contributed by atoms with Crippen LogP contribution in [0.3, 0.4) is 0 Å². The van der Waals surface area contributed by atoms with E-state index in [4.69, 9.17) is 26.2 Å². The van der Waals surface area contributed by atoms with E-state index in [9.17, 15) is 0 Å². The fourth-order valence-corrected chi connectivity index (χ4v) is 3.99. The summed E-state index contributed by atoms with van der Waals surface area (Å²) in [6, 6.07) is 14.1. The lowest BCUT2D eigenvalue weighted by molar-refractivity contribution is 0.0375. The van der Waals surface area contributed by atoms with Crippen molar-refractivity contribution in [2.24, 2.45) is 0 Å². The van der Waals surface area contributed by atoms with Crippen molar-refractivity contribution in [3.05, 3.63) is 47.6 Å². The molecular weight excluding hydrogens is 392 g/mol. The van der Waals surface area contributed by atoms with Gasteiger partial charge in [0, 0.05) is 38.3 Å². The monoisotopic (exact) mass is 414 g/mol. The molecule has 0 bridgehead atoms. The van der Waals surface area contributed by atoms with E-state index in [1.807, 2.05) is 34.8 Å². The van der Waals surface area contributed by atoms with Crippen molar-refractivity contribution in [2.45, 2.75) is 0 Å². The molecule has 0 amide bonds. The maximum absolute atomic E-state index is 6.35. The Morgan fingerprint density at radius 3 is 2.31 bits per heavy atom. The van der Waals surface area contributed by atoms with Crippen LogP contribution in [0.15, 0.2) is 42.5 Å². The second-order valence-corrected chi connectivity index (χ2v) is 7.41. The fourth-order valence-electron chi connectivity index (χ4n) is 3.80. The van der Waals surface area contributed by atoms with Crippen LogP contribution in [0.2, 0.25) is 5.15 Å². The van der Waals surface area contributed by atoms with Gasteiger partial charge in [-0.05, 0) is 12.1 Å². The summed E-state index contributed by atoms with van der Waals surface area (Å²) in [6.07, 6.45) is 0. The minimum Gasteiger partial charge on any atom is -0.379 e. The molecule has 152 valence electrons. The van der Waals surface area contributed by atoms with E-state index in [1.165, 1.54) is 0 Å². The zero-order valence-corrected chi connectivity index (χ0v) is 16.8. The number of benzene rings is 1. The highest BCUT2D eigenvalue weighted by molar-refractivity contribution is 6.29. The standard InChI is InChI=1S/C20H23ClN6O2/c21-17-14-20(24-6-10-28-11-7-24)26-18(22-17)15-19(23-26)27(16-4-2-1-3-5-16)25-8-12-29-13-9-25/h1-5,14-15H,6-13H2. The largest absolute Gasteiger partial charge is 0.379 e. The van der Waals surface area contributed by atoms with Gasteiger partial charge in [-0.15, -0.1) is 5.10 Å². The van der Waals surface area contributed by atoms with E-state index in [0.29, 0.717) is 31.6 Å². The number of ether oxygens (including phenoxy) is 2. The highest BCUT2D eigenvalue weighted by atomic mass is 35.5. The van der Waals surface area contributed by atoms with Crippen LogP contribution in [0.5, 0.6) is 0 Å². The highest BCUT2D eigenvalue weighted by Gasteiger charge is 2.25. The van der Waals surface area contributed by atoms with Crippen LogP contribution in [-0.4, -0.2) is 72.2 Å². The van der Waals surface area contributed by atoms with Crippen LogP contribution in [0.25, 0.3) is 5.65 Å². The molecule has 2 saturated heterocycles. The smallest absolute Gasteiger partial charge is 0.172 e. The minimum atomic E-state index is 0.461. The summed E-state index contributed by atoms with van der Waals surface area (Å²) < 4.78 is 12.9. The quantitative estimate of drug-likeness (QED) is 0.608. The van der Waals surface area contributed by atoms with E-state index >= 15 is 0 Å². The van der Waals surface area contributed by atoms with Gasteiger partial charge in [0.25, 0.3) is 0 Å². The maximum atomic E-state index is 6.35. The average molecular weight is 415 g/mol. The minimum absolute atomic E-state index is 0.461. The summed E-state index contributed by atoms with van der Waals surface area (Å²) in [6.45, 7) is 5.98. The SMILES string of the molecule is Clc1cc(N2CCOCC2)n2nc(N(c3ccccc3)N3CCOCC3)cc2n1. The molecule has 0 unspecified atom stereocenters. The lowest BCUT2D eigenvalue weighted by Gasteiger charge is -2.37. The Hall–Kier alpha value is -2.39. The van der Waals surface area contributed by atoms with Crippen molar-refractivity contribution in [1.29, 1.82) is 0 Å². The first kappa shape index (κ1) is 18.6. The molecule has 0 spiro atoms. The molecule has 0 saturated carbocycles. The second kappa shape index (κ2) is 8.16. The van der Waals surface area contributed by atoms with Crippen molar-refractivity contribution in [1.82, 2.24) is 19.6 Å². The Morgan fingerprint density at radius 1 is 0.897 bits per heavy atom. The van der Waals surface area contributed by atoms with Gasteiger partial charge in [0.15, 0.2) is 11.5 Å². The van der Waals surface area contributed by atoms with E-state index in [-0.39, 0.29) is 0 Å². The van der Waals surface area contributed by atoms with Crippen LogP contribution in [0.1, 0.15) is 0 Å². The van der Waals surface area contributed by atoms with Crippen molar-refractivity contribution in [3.63, 3.8) is 0 Å². The molecule has 2 aliphatic rings. The Bertz CT molecular complexity index is 970. The first-order chi connectivity index (χ1) is 14.3. The summed E-state index contributed by atoms with van der Waals surface area (Å²) in [5, 5.41) is 9.81. The summed E-state index contributed by atoms with van der Waals surface area (Å²) in [5.74, 6) is 1.74. The average Bonchev–Trinajstić information content (AvgIpc) is 3.18. The first-order valence-electron chi connectivity index (χ1n) is 9.86. The zero-order chi connectivity index (χ0) is 19.6. The molecule has 0 atom stereocenters. The van der Waals surface area contributed by atoms with Gasteiger partial charge in [-0.1, -0.05) is 29.8 Å². The molecule has 4 heterocycles. The third-order valence-corrected chi connectivity index (χ3v) is 5.38. The van der Waals surface area contributed by atoms with E-state index in [2.05, 4.69) is 32.0 Å². The molecule has 0 radical (unpaired) electrons. The molecule has 8 nitrogen and oxygen atoms in total. The van der Waals surface area contributed by atoms with E-state index < -0.39 is 0 Å². The van der Waals surface area contributed by atoms with Gasteiger partial charge in [0.05, 0.1) is 32.1 Å². The van der Waals surface area contributed by atoms with Crippen molar-refractivity contribution in [3.8, 4) is 0 Å². The fraction of sp³-hybridized carbons (Fsp3) is 0.400. The summed E-state index contributed by atoms with van der Waals surface area (Å²) in [7, 11) is 0. The van der Waals surface area contributed by atoms with Crippen LogP contribution in [-0.2, 0) is 9.47 Å². The van der Waals surface area contributed by atoms with Crippen molar-refractivity contribution in [2.75, 3.05) is 62.5 Å². The molecule has 29 heavy (non-hydrogen) atoms. The second-order valence-electron chi connectivity index (χ2n) is 7.02. The van der Waals surface area contributed by atoms with Gasteiger partial charge in [-0.25, -0.2) is 9.99 Å². The number of aromatic nitrogens is 3. The Kier molecular flexibility index (Phi) is 5.24. The number of nitrogens with zero attached hydrogens (tertiary/aromatic N) is 6. The molecule has 0 N–H and O–H groups in total. The molecular formula is C20H23ClN6O2. The summed E-state index contributed by atoms with van der Waals surface area (Å²) >= 11 is 6.35. The van der Waals surface area contributed by atoms with Crippen LogP contribution in [0.4, 0.5) is 17.3 Å². The molecule has 1 aromatic carbocycles. The molecule has 3 aromatic rings. The normalized spacial score (nSPS) is 18.3. The number of fused-ring (bicyclic) bond motifs is 1. The third kappa shape index (κ3) is 3.76. The van der Waals surface area contributed by atoms with Crippen molar-refractivity contribution >= 4 is 34.6 Å². The number of para-hydroxylation sites is 1. The number of halogens is 1. The van der Waals surface area contributed by atoms with Gasteiger partial charge in [-0.2, -0.15) is 4.52 Å². The number of rotatable bonds is 4. The van der Waals surface area contributed by atoms with Gasteiger partial charge in [0.2, 0.25) is 0 Å². The number of morpholine rings is 2. The van der Waals surface area contributed by atoms with Gasteiger partial charge >= 0.3 is 0 Å². The number of anilines is 3. The lowest BCUT2D eigenvalue weighted by atomic mass is 10.3. The molecule has 5 rings (SSSR count). The number of hydrogen-bond acceptors (Lipinski definition) is 7. The van der Waals surface area contributed by atoms with E-state index in [0.717, 1.165) is 49.1 Å². The van der Waals surface area contributed by atoms with Crippen LogP contribution < -0.4 is 9.91 Å². The zero-order valence-electron chi connectivity index (χ0n) is 16.1.